The predicted molar refractivity (Wildman–Crippen MR) is 74.6 cm³/mol. The highest BCUT2D eigenvalue weighted by Crippen LogP contribution is 2.31. The summed E-state index contributed by atoms with van der Waals surface area (Å²) < 4.78 is 27.3. The average molecular weight is 264 g/mol. The Morgan fingerprint density at radius 1 is 1.21 bits per heavy atom. The molecule has 0 aliphatic heterocycles. The van der Waals surface area contributed by atoms with Crippen molar-refractivity contribution in [1.29, 1.82) is 0 Å². The fraction of sp³-hybridized carbons (Fsp3) is 0.400. The zero-order valence-electron chi connectivity index (χ0n) is 11.5. The van der Waals surface area contributed by atoms with Gasteiger partial charge in [-0.05, 0) is 31.4 Å². The van der Waals surface area contributed by atoms with Crippen LogP contribution in [0.3, 0.4) is 0 Å². The third kappa shape index (κ3) is 2.53. The first-order valence-electron chi connectivity index (χ1n) is 6.60. The van der Waals surface area contributed by atoms with E-state index >= 15 is 0 Å². The van der Waals surface area contributed by atoms with Crippen molar-refractivity contribution in [3.05, 3.63) is 35.0 Å². The van der Waals surface area contributed by atoms with E-state index in [4.69, 9.17) is 0 Å². The van der Waals surface area contributed by atoms with Crippen molar-refractivity contribution in [3.63, 3.8) is 0 Å². The molecule has 1 aromatic carbocycles. The van der Waals surface area contributed by atoms with Crippen molar-refractivity contribution in [2.24, 2.45) is 0 Å². The van der Waals surface area contributed by atoms with Crippen LogP contribution >= 0.6 is 0 Å². The lowest BCUT2D eigenvalue weighted by Crippen LogP contribution is -2.07. The van der Waals surface area contributed by atoms with Gasteiger partial charge in [0.15, 0.2) is 5.82 Å². The van der Waals surface area contributed by atoms with Gasteiger partial charge in [-0.15, -0.1) is 0 Å². The van der Waals surface area contributed by atoms with Crippen LogP contribution in [0.25, 0.3) is 10.9 Å². The molecule has 19 heavy (non-hydrogen) atoms. The zero-order chi connectivity index (χ0) is 14.0. The molecular weight excluding hydrogens is 246 g/mol. The Labute approximate surface area is 111 Å². The van der Waals surface area contributed by atoms with Gasteiger partial charge in [0.1, 0.15) is 11.3 Å². The van der Waals surface area contributed by atoms with Crippen LogP contribution in [0.1, 0.15) is 31.5 Å². The lowest BCUT2D eigenvalue weighted by Gasteiger charge is -2.16. The number of halogens is 2. The second kappa shape index (κ2) is 5.51. The van der Waals surface area contributed by atoms with Crippen LogP contribution in [0.4, 0.5) is 14.5 Å². The Balaban J connectivity index is 2.76. The highest BCUT2D eigenvalue weighted by molar-refractivity contribution is 5.93. The maximum atomic E-state index is 13.8. The number of anilines is 1. The average Bonchev–Trinajstić information content (AvgIpc) is 2.37. The van der Waals surface area contributed by atoms with Gasteiger partial charge in [-0.3, -0.25) is 0 Å². The third-order valence-electron chi connectivity index (χ3n) is 3.22. The van der Waals surface area contributed by atoms with E-state index in [0.29, 0.717) is 5.39 Å². The summed E-state index contributed by atoms with van der Waals surface area (Å²) in [6.45, 7) is 6.69. The van der Waals surface area contributed by atoms with Crippen molar-refractivity contribution in [1.82, 2.24) is 4.98 Å². The molecule has 0 aliphatic rings. The molecular formula is C15H18F2N2. The van der Waals surface area contributed by atoms with E-state index in [0.717, 1.165) is 42.4 Å². The van der Waals surface area contributed by atoms with Gasteiger partial charge in [0.25, 0.3) is 0 Å². The van der Waals surface area contributed by atoms with Gasteiger partial charge in [0.2, 0.25) is 0 Å². The third-order valence-corrected chi connectivity index (χ3v) is 3.22. The molecule has 0 radical (unpaired) electrons. The normalized spacial score (nSPS) is 11.0. The van der Waals surface area contributed by atoms with Gasteiger partial charge in [-0.1, -0.05) is 13.8 Å². The van der Waals surface area contributed by atoms with E-state index in [1.165, 1.54) is 6.07 Å². The molecule has 0 fully saturated rings. The molecule has 4 heteroatoms. The number of nitrogens with one attached hydrogen (secondary N) is 1. The van der Waals surface area contributed by atoms with E-state index in [1.54, 1.807) is 0 Å². The second-order valence-corrected chi connectivity index (χ2v) is 4.61. The molecule has 2 nitrogen and oxygen atoms in total. The number of fused-ring (bicyclic) bond motifs is 1. The minimum atomic E-state index is -0.611. The fourth-order valence-electron chi connectivity index (χ4n) is 2.33. The lowest BCUT2D eigenvalue weighted by molar-refractivity contribution is 0.590. The van der Waals surface area contributed by atoms with Gasteiger partial charge in [-0.2, -0.15) is 0 Å². The van der Waals surface area contributed by atoms with E-state index in [1.807, 2.05) is 13.8 Å². The van der Waals surface area contributed by atoms with Crippen LogP contribution in [0.15, 0.2) is 12.1 Å². The first kappa shape index (κ1) is 13.7. The number of pyridine rings is 1. The maximum absolute atomic E-state index is 13.8. The molecule has 0 saturated heterocycles. The monoisotopic (exact) mass is 264 g/mol. The zero-order valence-corrected chi connectivity index (χ0v) is 11.5. The fourth-order valence-corrected chi connectivity index (χ4v) is 2.33. The number of nitrogens with zero attached hydrogens (tertiary/aromatic N) is 1. The number of hydrogen-bond donors (Lipinski definition) is 1. The highest BCUT2D eigenvalue weighted by Gasteiger charge is 2.15. The summed E-state index contributed by atoms with van der Waals surface area (Å²) in [6, 6.07) is 2.23. The first-order chi connectivity index (χ1) is 9.08. The molecule has 1 heterocycles. The predicted octanol–water partition coefficient (Wildman–Crippen LogP) is 4.21. The van der Waals surface area contributed by atoms with Crippen molar-refractivity contribution in [2.45, 2.75) is 33.6 Å². The minimum absolute atomic E-state index is 0.231. The molecule has 0 aliphatic carbocycles. The number of aryl methyl sites for hydroxylation is 1. The van der Waals surface area contributed by atoms with Gasteiger partial charge < -0.3 is 5.32 Å². The Hall–Kier alpha value is -1.71. The summed E-state index contributed by atoms with van der Waals surface area (Å²) in [5.74, 6) is -1.18. The highest BCUT2D eigenvalue weighted by atomic mass is 19.1. The van der Waals surface area contributed by atoms with Crippen LogP contribution < -0.4 is 5.32 Å². The number of aromatic nitrogens is 1. The summed E-state index contributed by atoms with van der Waals surface area (Å²) in [5.41, 5.74) is 2.85. The van der Waals surface area contributed by atoms with Crippen LogP contribution in [0.2, 0.25) is 0 Å². The standard InChI is InChI=1S/C15H18F2N2/c1-4-6-18-14-11(5-2)9(3)19-15-12(14)7-10(16)8-13(15)17/h7-8H,4-6H2,1-3H3,(H,18,19). The summed E-state index contributed by atoms with van der Waals surface area (Å²) in [7, 11) is 0. The van der Waals surface area contributed by atoms with Crippen LogP contribution in [-0.2, 0) is 6.42 Å². The van der Waals surface area contributed by atoms with E-state index in [2.05, 4.69) is 17.2 Å². The van der Waals surface area contributed by atoms with E-state index < -0.39 is 11.6 Å². The Morgan fingerprint density at radius 3 is 2.58 bits per heavy atom. The molecule has 2 rings (SSSR count). The Morgan fingerprint density at radius 2 is 1.95 bits per heavy atom. The molecule has 0 unspecified atom stereocenters. The summed E-state index contributed by atoms with van der Waals surface area (Å²) >= 11 is 0. The maximum Gasteiger partial charge on any atom is 0.152 e. The van der Waals surface area contributed by atoms with Gasteiger partial charge >= 0.3 is 0 Å². The van der Waals surface area contributed by atoms with Crippen molar-refractivity contribution in [2.75, 3.05) is 11.9 Å². The second-order valence-electron chi connectivity index (χ2n) is 4.61. The molecule has 0 amide bonds. The Kier molecular flexibility index (Phi) is 3.98. The summed E-state index contributed by atoms with van der Waals surface area (Å²) in [5, 5.41) is 3.80. The number of rotatable bonds is 4. The Bertz CT molecular complexity index is 609. The molecule has 102 valence electrons. The topological polar surface area (TPSA) is 24.9 Å². The molecule has 1 N–H and O–H groups in total. The van der Waals surface area contributed by atoms with Gasteiger partial charge in [0.05, 0.1) is 0 Å². The van der Waals surface area contributed by atoms with Gasteiger partial charge in [-0.25, -0.2) is 13.8 Å². The van der Waals surface area contributed by atoms with E-state index in [9.17, 15) is 8.78 Å². The quantitative estimate of drug-likeness (QED) is 0.895. The largest absolute Gasteiger partial charge is 0.384 e. The van der Waals surface area contributed by atoms with Crippen LogP contribution in [-0.4, -0.2) is 11.5 Å². The molecule has 0 spiro atoms. The van der Waals surface area contributed by atoms with Crippen LogP contribution in [0.5, 0.6) is 0 Å². The van der Waals surface area contributed by atoms with Crippen molar-refractivity contribution in [3.8, 4) is 0 Å². The van der Waals surface area contributed by atoms with Crippen LogP contribution in [0, 0.1) is 18.6 Å². The lowest BCUT2D eigenvalue weighted by atomic mass is 10.0. The minimum Gasteiger partial charge on any atom is -0.384 e. The molecule has 2 aromatic rings. The van der Waals surface area contributed by atoms with E-state index in [-0.39, 0.29) is 5.52 Å². The molecule has 0 atom stereocenters. The van der Waals surface area contributed by atoms with Crippen molar-refractivity contribution >= 4 is 16.6 Å². The summed E-state index contributed by atoms with van der Waals surface area (Å²) in [6.07, 6.45) is 1.72. The molecule has 1 aromatic heterocycles. The smallest absolute Gasteiger partial charge is 0.152 e. The SMILES string of the molecule is CCCNc1c(CC)c(C)nc2c(F)cc(F)cc12. The molecule has 0 bridgehead atoms. The number of hydrogen-bond acceptors (Lipinski definition) is 2. The van der Waals surface area contributed by atoms with Gasteiger partial charge in [0, 0.05) is 29.4 Å². The summed E-state index contributed by atoms with van der Waals surface area (Å²) in [4.78, 5) is 4.27. The molecule has 0 saturated carbocycles. The number of benzene rings is 1. The van der Waals surface area contributed by atoms with Crippen molar-refractivity contribution < 1.29 is 8.78 Å². The first-order valence-corrected chi connectivity index (χ1v) is 6.60.